The fourth-order valence-electron chi connectivity index (χ4n) is 1.28. The molecular weight excluding hydrogens is 247 g/mol. The van der Waals surface area contributed by atoms with Crippen LogP contribution in [0.1, 0.15) is 20.3 Å². The van der Waals surface area contributed by atoms with E-state index in [0.717, 1.165) is 0 Å². The Morgan fingerprint density at radius 3 is 2.39 bits per heavy atom. The van der Waals surface area contributed by atoms with Crippen molar-refractivity contribution in [3.63, 3.8) is 0 Å². The lowest BCUT2D eigenvalue weighted by molar-refractivity contribution is -0.138. The predicted molar refractivity (Wildman–Crippen MR) is 64.0 cm³/mol. The molecule has 7 heteroatoms. The largest absolute Gasteiger partial charge is 0.405 e. The molecule has 4 nitrogen and oxygen atoms in total. The Morgan fingerprint density at radius 2 is 1.94 bits per heavy atom. The number of hydrogen-bond donors (Lipinski definition) is 2. The lowest BCUT2D eigenvalue weighted by atomic mass is 10.0. The summed E-state index contributed by atoms with van der Waals surface area (Å²) in [4.78, 5) is 12.9. The standard InChI is InChI=1S/C11H22F3N3O/c1-8(2)9(15)4-5-17(3)6-10(18)16-7-11(12,13)14/h8-9H,4-7,15H2,1-3H3,(H,16,18). The molecule has 0 radical (unpaired) electrons. The molecule has 18 heavy (non-hydrogen) atoms. The molecule has 0 fully saturated rings. The fourth-order valence-corrected chi connectivity index (χ4v) is 1.28. The van der Waals surface area contributed by atoms with Gasteiger partial charge in [-0.1, -0.05) is 13.8 Å². The first kappa shape index (κ1) is 17.2. The smallest absolute Gasteiger partial charge is 0.346 e. The molecule has 0 aliphatic rings. The van der Waals surface area contributed by atoms with Crippen molar-refractivity contribution in [2.24, 2.45) is 11.7 Å². The predicted octanol–water partition coefficient (Wildman–Crippen LogP) is 0.970. The van der Waals surface area contributed by atoms with Gasteiger partial charge in [-0.25, -0.2) is 0 Å². The van der Waals surface area contributed by atoms with Crippen LogP contribution in [0.5, 0.6) is 0 Å². The zero-order valence-electron chi connectivity index (χ0n) is 11.0. The molecule has 0 aliphatic heterocycles. The van der Waals surface area contributed by atoms with Gasteiger partial charge in [-0.05, 0) is 25.9 Å². The molecule has 0 saturated heterocycles. The third-order valence-electron chi connectivity index (χ3n) is 2.60. The SMILES string of the molecule is CC(C)C(N)CCN(C)CC(=O)NCC(F)(F)F. The van der Waals surface area contributed by atoms with Crippen molar-refractivity contribution in [1.82, 2.24) is 10.2 Å². The molecule has 1 atom stereocenters. The molecular formula is C11H22F3N3O. The van der Waals surface area contributed by atoms with E-state index in [1.54, 1.807) is 11.9 Å². The number of alkyl halides is 3. The van der Waals surface area contributed by atoms with E-state index in [2.05, 4.69) is 0 Å². The van der Waals surface area contributed by atoms with Gasteiger partial charge in [0.25, 0.3) is 0 Å². The van der Waals surface area contributed by atoms with Crippen LogP contribution in [0.2, 0.25) is 0 Å². The highest BCUT2D eigenvalue weighted by atomic mass is 19.4. The normalized spacial score (nSPS) is 14.1. The minimum absolute atomic E-state index is 0.0330. The minimum atomic E-state index is -4.37. The van der Waals surface area contributed by atoms with Crippen molar-refractivity contribution < 1.29 is 18.0 Å². The zero-order chi connectivity index (χ0) is 14.3. The molecule has 108 valence electrons. The van der Waals surface area contributed by atoms with E-state index in [-0.39, 0.29) is 12.6 Å². The van der Waals surface area contributed by atoms with E-state index < -0.39 is 18.6 Å². The molecule has 0 rings (SSSR count). The first-order valence-electron chi connectivity index (χ1n) is 5.89. The monoisotopic (exact) mass is 269 g/mol. The third kappa shape index (κ3) is 9.23. The average molecular weight is 269 g/mol. The summed E-state index contributed by atoms with van der Waals surface area (Å²) in [6.07, 6.45) is -3.66. The number of nitrogens with one attached hydrogen (secondary N) is 1. The maximum absolute atomic E-state index is 11.9. The summed E-state index contributed by atoms with van der Waals surface area (Å²) in [5.74, 6) is -0.287. The van der Waals surface area contributed by atoms with Gasteiger partial charge < -0.3 is 11.1 Å². The van der Waals surface area contributed by atoms with Crippen molar-refractivity contribution in [3.05, 3.63) is 0 Å². The van der Waals surface area contributed by atoms with Crippen LogP contribution in [0.15, 0.2) is 0 Å². The second kappa shape index (κ2) is 7.58. The van der Waals surface area contributed by atoms with Gasteiger partial charge in [-0.15, -0.1) is 0 Å². The van der Waals surface area contributed by atoms with Crippen LogP contribution in [0, 0.1) is 5.92 Å². The number of nitrogens with two attached hydrogens (primary N) is 1. The first-order chi connectivity index (χ1) is 8.11. The molecule has 0 spiro atoms. The quantitative estimate of drug-likeness (QED) is 0.724. The molecule has 0 aromatic heterocycles. The number of hydrogen-bond acceptors (Lipinski definition) is 3. The Morgan fingerprint density at radius 1 is 1.39 bits per heavy atom. The molecule has 0 aliphatic carbocycles. The summed E-state index contributed by atoms with van der Waals surface area (Å²) in [6.45, 7) is 3.24. The molecule has 0 bridgehead atoms. The first-order valence-corrected chi connectivity index (χ1v) is 5.89. The van der Waals surface area contributed by atoms with Crippen LogP contribution in [0.4, 0.5) is 13.2 Å². The van der Waals surface area contributed by atoms with Crippen LogP contribution < -0.4 is 11.1 Å². The Hall–Kier alpha value is -0.820. The lowest BCUT2D eigenvalue weighted by Crippen LogP contribution is -2.41. The number of carbonyl (C=O) groups is 1. The Balaban J connectivity index is 3.81. The van der Waals surface area contributed by atoms with Gasteiger partial charge in [0.15, 0.2) is 0 Å². The molecule has 3 N–H and O–H groups in total. The number of rotatable bonds is 7. The maximum atomic E-state index is 11.9. The summed E-state index contributed by atoms with van der Waals surface area (Å²) in [7, 11) is 1.68. The van der Waals surface area contributed by atoms with Gasteiger partial charge in [0, 0.05) is 6.04 Å². The van der Waals surface area contributed by atoms with Gasteiger partial charge in [0.2, 0.25) is 5.91 Å². The highest BCUT2D eigenvalue weighted by molar-refractivity contribution is 5.77. The number of carbonyl (C=O) groups excluding carboxylic acids is 1. The Kier molecular flexibility index (Phi) is 7.23. The molecule has 0 aromatic carbocycles. The summed E-state index contributed by atoms with van der Waals surface area (Å²) in [6, 6.07) is 0.0330. The molecule has 1 amide bonds. The Labute approximate surface area is 106 Å². The van der Waals surface area contributed by atoms with Crippen LogP contribution in [-0.2, 0) is 4.79 Å². The molecule has 0 aromatic rings. The fraction of sp³-hybridized carbons (Fsp3) is 0.909. The molecule has 0 saturated carbocycles. The van der Waals surface area contributed by atoms with Crippen molar-refractivity contribution in [2.45, 2.75) is 32.5 Å². The van der Waals surface area contributed by atoms with Gasteiger partial charge in [0.1, 0.15) is 6.54 Å². The van der Waals surface area contributed by atoms with E-state index in [4.69, 9.17) is 5.73 Å². The zero-order valence-corrected chi connectivity index (χ0v) is 11.0. The summed E-state index contributed by atoms with van der Waals surface area (Å²) >= 11 is 0. The maximum Gasteiger partial charge on any atom is 0.405 e. The van der Waals surface area contributed by atoms with Gasteiger partial charge >= 0.3 is 6.18 Å². The highest BCUT2D eigenvalue weighted by Gasteiger charge is 2.27. The van der Waals surface area contributed by atoms with E-state index in [9.17, 15) is 18.0 Å². The van der Waals surface area contributed by atoms with Crippen LogP contribution in [0.25, 0.3) is 0 Å². The highest BCUT2D eigenvalue weighted by Crippen LogP contribution is 2.12. The second-order valence-electron chi connectivity index (χ2n) is 4.83. The summed E-state index contributed by atoms with van der Waals surface area (Å²) in [5, 5.41) is 1.83. The Bertz CT molecular complexity index is 256. The van der Waals surface area contributed by atoms with E-state index in [0.29, 0.717) is 18.9 Å². The number of halogens is 3. The number of likely N-dealkylation sites (N-methyl/N-ethyl adjacent to an activating group) is 1. The summed E-state index contributed by atoms with van der Waals surface area (Å²) < 4.78 is 35.6. The lowest BCUT2D eigenvalue weighted by Gasteiger charge is -2.21. The van der Waals surface area contributed by atoms with E-state index in [1.165, 1.54) is 0 Å². The summed E-state index contributed by atoms with van der Waals surface area (Å²) in [5.41, 5.74) is 5.84. The number of amides is 1. The number of nitrogens with zero attached hydrogens (tertiary/aromatic N) is 1. The topological polar surface area (TPSA) is 58.4 Å². The van der Waals surface area contributed by atoms with Crippen LogP contribution in [0.3, 0.4) is 0 Å². The third-order valence-corrected chi connectivity index (χ3v) is 2.60. The van der Waals surface area contributed by atoms with E-state index in [1.807, 2.05) is 19.2 Å². The van der Waals surface area contributed by atoms with Crippen LogP contribution >= 0.6 is 0 Å². The minimum Gasteiger partial charge on any atom is -0.346 e. The van der Waals surface area contributed by atoms with Gasteiger partial charge in [-0.3, -0.25) is 9.69 Å². The second-order valence-corrected chi connectivity index (χ2v) is 4.83. The molecule has 1 unspecified atom stereocenters. The van der Waals surface area contributed by atoms with Crippen molar-refractivity contribution in [2.75, 3.05) is 26.7 Å². The molecule has 0 heterocycles. The van der Waals surface area contributed by atoms with Crippen molar-refractivity contribution >= 4 is 5.91 Å². The van der Waals surface area contributed by atoms with E-state index >= 15 is 0 Å². The van der Waals surface area contributed by atoms with Crippen molar-refractivity contribution in [3.8, 4) is 0 Å². The average Bonchev–Trinajstić information content (AvgIpc) is 2.22. The van der Waals surface area contributed by atoms with Crippen molar-refractivity contribution in [1.29, 1.82) is 0 Å². The van der Waals surface area contributed by atoms with Gasteiger partial charge in [0.05, 0.1) is 6.54 Å². The van der Waals surface area contributed by atoms with Gasteiger partial charge in [-0.2, -0.15) is 13.2 Å². The van der Waals surface area contributed by atoms with Crippen LogP contribution in [-0.4, -0.2) is 49.7 Å².